The molecule has 0 heterocycles. The summed E-state index contributed by atoms with van der Waals surface area (Å²) in [4.78, 5) is 22.3. The minimum absolute atomic E-state index is 0.0290. The average molecular weight is 221 g/mol. The molecule has 0 saturated carbocycles. The van der Waals surface area contributed by atoms with Crippen LogP contribution in [0.1, 0.15) is 26.7 Å². The minimum atomic E-state index is -0.588. The molecule has 0 fully saturated rings. The van der Waals surface area contributed by atoms with Crippen LogP contribution in [-0.2, 0) is 9.59 Å². The van der Waals surface area contributed by atoms with Crippen LogP contribution in [0.15, 0.2) is 0 Å². The molecule has 2 amide bonds. The molecule has 0 aromatic rings. The Kier molecular flexibility index (Phi) is 7.20. The van der Waals surface area contributed by atoms with Gasteiger partial charge in [0.25, 0.3) is 0 Å². The largest absolute Gasteiger partial charge is 0.348 e. The van der Waals surface area contributed by atoms with Crippen LogP contribution in [0.2, 0.25) is 0 Å². The third kappa shape index (κ3) is 5.80. The first-order valence-corrected chi connectivity index (χ1v) is 5.29. The number of halogens is 1. The maximum atomic E-state index is 11.2. The smallest absolute Gasteiger partial charge is 0.309 e. The molecule has 0 aromatic heterocycles. The third-order valence-electron chi connectivity index (χ3n) is 1.79. The van der Waals surface area contributed by atoms with E-state index in [0.717, 1.165) is 6.42 Å². The fourth-order valence-corrected chi connectivity index (χ4v) is 0.874. The fraction of sp³-hybridized carbons (Fsp3) is 0.778. The Morgan fingerprint density at radius 2 is 2.00 bits per heavy atom. The van der Waals surface area contributed by atoms with Gasteiger partial charge in [-0.2, -0.15) is 0 Å². The molecule has 0 aliphatic heterocycles. The molecule has 14 heavy (non-hydrogen) atoms. The first-order chi connectivity index (χ1) is 6.61. The van der Waals surface area contributed by atoms with Crippen molar-refractivity contribution < 1.29 is 9.59 Å². The second-order valence-corrected chi connectivity index (χ2v) is 3.46. The molecule has 0 bridgehead atoms. The number of carbonyl (C=O) groups is 2. The van der Waals surface area contributed by atoms with Crippen molar-refractivity contribution in [1.29, 1.82) is 0 Å². The molecule has 5 heteroatoms. The second-order valence-electron chi connectivity index (χ2n) is 3.08. The van der Waals surface area contributed by atoms with Crippen molar-refractivity contribution in [2.75, 3.05) is 12.4 Å². The van der Waals surface area contributed by atoms with Crippen molar-refractivity contribution in [2.45, 2.75) is 32.7 Å². The van der Waals surface area contributed by atoms with Crippen LogP contribution >= 0.6 is 11.6 Å². The van der Waals surface area contributed by atoms with Crippen molar-refractivity contribution in [3.63, 3.8) is 0 Å². The molecular weight excluding hydrogens is 204 g/mol. The quantitative estimate of drug-likeness (QED) is 0.406. The maximum absolute atomic E-state index is 11.2. The molecule has 0 aromatic carbocycles. The first-order valence-electron chi connectivity index (χ1n) is 4.76. The predicted octanol–water partition coefficient (Wildman–Crippen LogP) is 0.646. The summed E-state index contributed by atoms with van der Waals surface area (Å²) < 4.78 is 0. The van der Waals surface area contributed by atoms with Gasteiger partial charge in [0.1, 0.15) is 0 Å². The van der Waals surface area contributed by atoms with Crippen LogP contribution < -0.4 is 10.6 Å². The molecule has 1 atom stereocenters. The summed E-state index contributed by atoms with van der Waals surface area (Å²) in [7, 11) is 0. The van der Waals surface area contributed by atoms with Gasteiger partial charge >= 0.3 is 11.8 Å². The van der Waals surface area contributed by atoms with Crippen molar-refractivity contribution in [3.05, 3.63) is 0 Å². The summed E-state index contributed by atoms with van der Waals surface area (Å²) in [5.74, 6) is -0.683. The number of carbonyl (C=O) groups excluding carboxylic acids is 2. The molecule has 0 spiro atoms. The second kappa shape index (κ2) is 7.62. The van der Waals surface area contributed by atoms with Crippen molar-refractivity contribution in [2.24, 2.45) is 0 Å². The lowest BCUT2D eigenvalue weighted by Crippen LogP contribution is -2.43. The van der Waals surface area contributed by atoms with E-state index in [1.54, 1.807) is 0 Å². The lowest BCUT2D eigenvalue weighted by Gasteiger charge is -2.10. The van der Waals surface area contributed by atoms with Crippen LogP contribution in [0.25, 0.3) is 0 Å². The normalized spacial score (nSPS) is 11.9. The van der Waals surface area contributed by atoms with E-state index in [4.69, 9.17) is 11.6 Å². The van der Waals surface area contributed by atoms with E-state index in [1.807, 2.05) is 13.8 Å². The molecule has 2 N–H and O–H groups in total. The number of amides is 2. The molecule has 0 radical (unpaired) electrons. The number of rotatable bonds is 5. The lowest BCUT2D eigenvalue weighted by molar-refractivity contribution is -0.139. The van der Waals surface area contributed by atoms with Gasteiger partial charge in [-0.05, 0) is 19.8 Å². The molecule has 0 rings (SSSR count). The van der Waals surface area contributed by atoms with Crippen LogP contribution in [0, 0.1) is 0 Å². The summed E-state index contributed by atoms with van der Waals surface area (Å²) in [5, 5.41) is 5.05. The van der Waals surface area contributed by atoms with Gasteiger partial charge in [-0.25, -0.2) is 0 Å². The fourth-order valence-electron chi connectivity index (χ4n) is 0.740. The van der Waals surface area contributed by atoms with E-state index in [9.17, 15) is 9.59 Å². The maximum Gasteiger partial charge on any atom is 0.309 e. The Morgan fingerprint density at radius 3 is 2.50 bits per heavy atom. The molecule has 0 saturated heterocycles. The van der Waals surface area contributed by atoms with E-state index < -0.39 is 11.8 Å². The molecule has 82 valence electrons. The highest BCUT2D eigenvalue weighted by atomic mass is 35.5. The topological polar surface area (TPSA) is 58.2 Å². The minimum Gasteiger partial charge on any atom is -0.348 e. The Morgan fingerprint density at radius 1 is 1.36 bits per heavy atom. The summed E-state index contributed by atoms with van der Waals surface area (Å²) in [5.41, 5.74) is 0. The van der Waals surface area contributed by atoms with Crippen LogP contribution in [0.4, 0.5) is 0 Å². The standard InChI is InChI=1S/C9H17ClN2O2/c1-3-7(2)12-9(14)8(13)11-6-4-5-10/h7H,3-6H2,1-2H3,(H,11,13)(H,12,14). The molecule has 1 unspecified atom stereocenters. The summed E-state index contributed by atoms with van der Waals surface area (Å²) in [6, 6.07) is 0.0290. The summed E-state index contributed by atoms with van der Waals surface area (Å²) >= 11 is 5.42. The Bertz CT molecular complexity index is 197. The van der Waals surface area contributed by atoms with Gasteiger partial charge in [-0.1, -0.05) is 6.92 Å². The highest BCUT2D eigenvalue weighted by molar-refractivity contribution is 6.35. The zero-order chi connectivity index (χ0) is 11.0. The van der Waals surface area contributed by atoms with Crippen molar-refractivity contribution in [1.82, 2.24) is 10.6 Å². The average Bonchev–Trinajstić information content (AvgIpc) is 2.17. The number of hydrogen-bond donors (Lipinski definition) is 2. The Balaban J connectivity index is 3.71. The summed E-state index contributed by atoms with van der Waals surface area (Å²) in [6.07, 6.45) is 1.48. The zero-order valence-corrected chi connectivity index (χ0v) is 9.36. The van der Waals surface area contributed by atoms with E-state index in [0.29, 0.717) is 18.8 Å². The molecule has 4 nitrogen and oxygen atoms in total. The Labute approximate surface area is 89.4 Å². The van der Waals surface area contributed by atoms with Gasteiger partial charge in [0, 0.05) is 18.5 Å². The van der Waals surface area contributed by atoms with Crippen LogP contribution in [0.3, 0.4) is 0 Å². The van der Waals surface area contributed by atoms with E-state index in [2.05, 4.69) is 10.6 Å². The van der Waals surface area contributed by atoms with Gasteiger partial charge in [0.15, 0.2) is 0 Å². The number of alkyl halides is 1. The highest BCUT2D eigenvalue weighted by Crippen LogP contribution is 1.87. The van der Waals surface area contributed by atoms with E-state index >= 15 is 0 Å². The van der Waals surface area contributed by atoms with E-state index in [1.165, 1.54) is 0 Å². The van der Waals surface area contributed by atoms with Crippen LogP contribution in [-0.4, -0.2) is 30.3 Å². The van der Waals surface area contributed by atoms with Crippen molar-refractivity contribution in [3.8, 4) is 0 Å². The van der Waals surface area contributed by atoms with Gasteiger partial charge in [0.2, 0.25) is 0 Å². The molecule has 0 aliphatic carbocycles. The highest BCUT2D eigenvalue weighted by Gasteiger charge is 2.13. The Hall–Kier alpha value is -0.770. The van der Waals surface area contributed by atoms with Crippen molar-refractivity contribution >= 4 is 23.4 Å². The third-order valence-corrected chi connectivity index (χ3v) is 2.06. The van der Waals surface area contributed by atoms with Gasteiger partial charge < -0.3 is 10.6 Å². The van der Waals surface area contributed by atoms with Gasteiger partial charge in [0.05, 0.1) is 0 Å². The predicted molar refractivity (Wildman–Crippen MR) is 56.2 cm³/mol. The SMILES string of the molecule is CCC(C)NC(=O)C(=O)NCCCCl. The lowest BCUT2D eigenvalue weighted by atomic mass is 10.2. The summed E-state index contributed by atoms with van der Waals surface area (Å²) in [6.45, 7) is 4.23. The number of nitrogens with one attached hydrogen (secondary N) is 2. The first kappa shape index (κ1) is 13.2. The monoisotopic (exact) mass is 220 g/mol. The van der Waals surface area contributed by atoms with Crippen LogP contribution in [0.5, 0.6) is 0 Å². The van der Waals surface area contributed by atoms with Gasteiger partial charge in [-0.15, -0.1) is 11.6 Å². The van der Waals surface area contributed by atoms with E-state index in [-0.39, 0.29) is 6.04 Å². The molecule has 0 aliphatic rings. The van der Waals surface area contributed by atoms with Gasteiger partial charge in [-0.3, -0.25) is 9.59 Å². The molecular formula is C9H17ClN2O2. The zero-order valence-electron chi connectivity index (χ0n) is 8.60. The number of hydrogen-bond acceptors (Lipinski definition) is 2.